The van der Waals surface area contributed by atoms with Gasteiger partial charge in [-0.1, -0.05) is 30.3 Å². The van der Waals surface area contributed by atoms with Crippen molar-refractivity contribution in [1.29, 1.82) is 0 Å². The number of amides is 1. The lowest BCUT2D eigenvalue weighted by molar-refractivity contribution is -0.117. The molecule has 0 radical (unpaired) electrons. The van der Waals surface area contributed by atoms with Crippen LogP contribution in [0.3, 0.4) is 0 Å². The van der Waals surface area contributed by atoms with E-state index < -0.39 is 5.91 Å². The molecular formula is C12H11N3O. The molecule has 0 aliphatic heterocycles. The Morgan fingerprint density at radius 3 is 2.62 bits per heavy atom. The van der Waals surface area contributed by atoms with Crippen molar-refractivity contribution < 1.29 is 4.79 Å². The summed E-state index contributed by atoms with van der Waals surface area (Å²) in [5.41, 5.74) is 6.89. The maximum Gasteiger partial charge on any atom is 0.225 e. The smallest absolute Gasteiger partial charge is 0.225 e. The van der Waals surface area contributed by atoms with Gasteiger partial charge in [0, 0.05) is 11.8 Å². The first kappa shape index (κ1) is 10.3. The molecule has 0 saturated carbocycles. The zero-order valence-electron chi connectivity index (χ0n) is 8.63. The van der Waals surface area contributed by atoms with Crippen molar-refractivity contribution in [3.8, 4) is 11.3 Å². The Kier molecular flexibility index (Phi) is 2.91. The van der Waals surface area contributed by atoms with Crippen LogP contribution in [0.25, 0.3) is 11.3 Å². The highest BCUT2D eigenvalue weighted by molar-refractivity contribution is 5.75. The predicted octanol–water partition coefficient (Wildman–Crippen LogP) is 1.17. The first-order valence-electron chi connectivity index (χ1n) is 4.91. The van der Waals surface area contributed by atoms with Crippen molar-refractivity contribution in [1.82, 2.24) is 9.97 Å². The standard InChI is InChI=1S/C12H11N3O/c13-11(16)8-12-14-7-6-10(15-12)9-4-2-1-3-5-9/h1-7H,8H2,(H2,13,16). The molecule has 0 bridgehead atoms. The van der Waals surface area contributed by atoms with Crippen LogP contribution >= 0.6 is 0 Å². The van der Waals surface area contributed by atoms with Crippen LogP contribution in [-0.4, -0.2) is 15.9 Å². The molecule has 1 heterocycles. The zero-order chi connectivity index (χ0) is 11.4. The molecule has 1 aromatic carbocycles. The van der Waals surface area contributed by atoms with Gasteiger partial charge in [0.2, 0.25) is 5.91 Å². The Hall–Kier alpha value is -2.23. The summed E-state index contributed by atoms with van der Waals surface area (Å²) < 4.78 is 0. The van der Waals surface area contributed by atoms with Gasteiger partial charge in [0.1, 0.15) is 5.82 Å². The second-order valence-electron chi connectivity index (χ2n) is 3.37. The highest BCUT2D eigenvalue weighted by Crippen LogP contribution is 2.15. The van der Waals surface area contributed by atoms with Crippen LogP contribution in [0, 0.1) is 0 Å². The maximum atomic E-state index is 10.8. The van der Waals surface area contributed by atoms with E-state index in [1.165, 1.54) is 0 Å². The highest BCUT2D eigenvalue weighted by atomic mass is 16.1. The van der Waals surface area contributed by atoms with E-state index in [1.54, 1.807) is 12.3 Å². The van der Waals surface area contributed by atoms with Gasteiger partial charge in [-0.25, -0.2) is 9.97 Å². The second-order valence-corrected chi connectivity index (χ2v) is 3.37. The molecule has 1 amide bonds. The van der Waals surface area contributed by atoms with Gasteiger partial charge in [0.25, 0.3) is 0 Å². The molecule has 0 spiro atoms. The third-order valence-corrected chi connectivity index (χ3v) is 2.11. The Bertz CT molecular complexity index is 497. The van der Waals surface area contributed by atoms with Crippen molar-refractivity contribution in [2.45, 2.75) is 6.42 Å². The molecule has 0 atom stereocenters. The number of carbonyl (C=O) groups is 1. The molecule has 0 aliphatic carbocycles. The SMILES string of the molecule is NC(=O)Cc1nccc(-c2ccccc2)n1. The summed E-state index contributed by atoms with van der Waals surface area (Å²) >= 11 is 0. The van der Waals surface area contributed by atoms with Gasteiger partial charge < -0.3 is 5.73 Å². The minimum atomic E-state index is -0.426. The van der Waals surface area contributed by atoms with Crippen molar-refractivity contribution >= 4 is 5.91 Å². The van der Waals surface area contributed by atoms with E-state index in [2.05, 4.69) is 9.97 Å². The van der Waals surface area contributed by atoms with E-state index >= 15 is 0 Å². The molecule has 4 heteroatoms. The first-order valence-corrected chi connectivity index (χ1v) is 4.91. The van der Waals surface area contributed by atoms with Crippen LogP contribution in [0.5, 0.6) is 0 Å². The lowest BCUT2D eigenvalue weighted by atomic mass is 10.1. The Morgan fingerprint density at radius 2 is 1.94 bits per heavy atom. The minimum Gasteiger partial charge on any atom is -0.369 e. The molecule has 0 unspecified atom stereocenters. The molecule has 80 valence electrons. The molecular weight excluding hydrogens is 202 g/mol. The number of carbonyl (C=O) groups excluding carboxylic acids is 1. The number of benzene rings is 1. The monoisotopic (exact) mass is 213 g/mol. The van der Waals surface area contributed by atoms with E-state index in [0.29, 0.717) is 5.82 Å². The largest absolute Gasteiger partial charge is 0.369 e. The lowest BCUT2D eigenvalue weighted by Gasteiger charge is -2.02. The van der Waals surface area contributed by atoms with Gasteiger partial charge in [-0.3, -0.25) is 4.79 Å². The van der Waals surface area contributed by atoms with Crippen LogP contribution in [-0.2, 0) is 11.2 Å². The normalized spacial score (nSPS) is 10.0. The number of aromatic nitrogens is 2. The van der Waals surface area contributed by atoms with Gasteiger partial charge in [-0.15, -0.1) is 0 Å². The fourth-order valence-corrected chi connectivity index (χ4v) is 1.41. The van der Waals surface area contributed by atoms with E-state index in [-0.39, 0.29) is 6.42 Å². The molecule has 0 saturated heterocycles. The Morgan fingerprint density at radius 1 is 1.19 bits per heavy atom. The summed E-state index contributed by atoms with van der Waals surface area (Å²) in [5, 5.41) is 0. The third kappa shape index (κ3) is 2.42. The quantitative estimate of drug-likeness (QED) is 0.832. The number of hydrogen-bond donors (Lipinski definition) is 1. The summed E-state index contributed by atoms with van der Waals surface area (Å²) in [4.78, 5) is 19.0. The molecule has 2 rings (SSSR count). The summed E-state index contributed by atoms with van der Waals surface area (Å²) in [6.07, 6.45) is 1.70. The number of hydrogen-bond acceptors (Lipinski definition) is 3. The summed E-state index contributed by atoms with van der Waals surface area (Å²) in [6.45, 7) is 0. The molecule has 0 fully saturated rings. The molecule has 2 aromatic rings. The first-order chi connectivity index (χ1) is 7.75. The van der Waals surface area contributed by atoms with Gasteiger partial charge in [-0.05, 0) is 6.07 Å². The minimum absolute atomic E-state index is 0.0701. The van der Waals surface area contributed by atoms with Gasteiger partial charge >= 0.3 is 0 Å². The van der Waals surface area contributed by atoms with Gasteiger partial charge in [-0.2, -0.15) is 0 Å². The zero-order valence-corrected chi connectivity index (χ0v) is 8.63. The molecule has 0 aliphatic rings. The van der Waals surface area contributed by atoms with Crippen LogP contribution in [0.1, 0.15) is 5.82 Å². The van der Waals surface area contributed by atoms with E-state index in [0.717, 1.165) is 11.3 Å². The number of rotatable bonds is 3. The van der Waals surface area contributed by atoms with Crippen molar-refractivity contribution in [2.24, 2.45) is 5.73 Å². The topological polar surface area (TPSA) is 68.9 Å². The summed E-state index contributed by atoms with van der Waals surface area (Å²) in [7, 11) is 0. The van der Waals surface area contributed by atoms with Gasteiger partial charge in [0.05, 0.1) is 12.1 Å². The maximum absolute atomic E-state index is 10.8. The van der Waals surface area contributed by atoms with Crippen LogP contribution in [0.4, 0.5) is 0 Å². The molecule has 1 aromatic heterocycles. The average molecular weight is 213 g/mol. The fraction of sp³-hybridized carbons (Fsp3) is 0.0833. The van der Waals surface area contributed by atoms with E-state index in [4.69, 9.17) is 5.73 Å². The summed E-state index contributed by atoms with van der Waals surface area (Å²) in [6, 6.07) is 11.5. The Balaban J connectivity index is 2.33. The Labute approximate surface area is 93.2 Å². The van der Waals surface area contributed by atoms with Crippen LogP contribution in [0.2, 0.25) is 0 Å². The number of primary amides is 1. The second kappa shape index (κ2) is 4.53. The predicted molar refractivity (Wildman–Crippen MR) is 60.4 cm³/mol. The van der Waals surface area contributed by atoms with E-state index in [9.17, 15) is 4.79 Å². The van der Waals surface area contributed by atoms with Gasteiger partial charge in [0.15, 0.2) is 0 Å². The number of nitrogens with two attached hydrogens (primary N) is 1. The molecule has 2 N–H and O–H groups in total. The third-order valence-electron chi connectivity index (χ3n) is 2.11. The molecule has 4 nitrogen and oxygen atoms in total. The summed E-state index contributed by atoms with van der Waals surface area (Å²) in [5.74, 6) is 0.0269. The van der Waals surface area contributed by atoms with Crippen molar-refractivity contribution in [3.05, 3.63) is 48.4 Å². The van der Waals surface area contributed by atoms with Crippen LogP contribution < -0.4 is 5.73 Å². The highest BCUT2D eigenvalue weighted by Gasteiger charge is 2.04. The average Bonchev–Trinajstić information content (AvgIpc) is 2.30. The van der Waals surface area contributed by atoms with Crippen LogP contribution in [0.15, 0.2) is 42.6 Å². The fourth-order valence-electron chi connectivity index (χ4n) is 1.41. The molecule has 16 heavy (non-hydrogen) atoms. The van der Waals surface area contributed by atoms with Crippen molar-refractivity contribution in [2.75, 3.05) is 0 Å². The van der Waals surface area contributed by atoms with Crippen molar-refractivity contribution in [3.63, 3.8) is 0 Å². The van der Waals surface area contributed by atoms with E-state index in [1.807, 2.05) is 30.3 Å². The lowest BCUT2D eigenvalue weighted by Crippen LogP contribution is -2.15. The number of nitrogens with zero attached hydrogens (tertiary/aromatic N) is 2.